The van der Waals surface area contributed by atoms with Crippen LogP contribution in [0.5, 0.6) is 5.75 Å². The highest BCUT2D eigenvalue weighted by atomic mass is 16.5. The maximum absolute atomic E-state index is 13.4. The number of fused-ring (bicyclic) bond motifs is 1. The largest absolute Gasteiger partial charge is 0.507 e. The number of aromatic amines is 1. The van der Waals surface area contributed by atoms with E-state index in [2.05, 4.69) is 16.9 Å². The molecule has 2 aromatic heterocycles. The Morgan fingerprint density at radius 2 is 1.86 bits per heavy atom. The molecule has 2 aromatic carbocycles. The second kappa shape index (κ2) is 10.7. The third kappa shape index (κ3) is 4.85. The summed E-state index contributed by atoms with van der Waals surface area (Å²) in [4.78, 5) is 35.6. The Hall–Kier alpha value is -4.39. The monoisotopic (exact) mass is 495 g/mol. The number of aliphatic hydroxyl groups is 1. The summed E-state index contributed by atoms with van der Waals surface area (Å²) in [6.07, 6.45) is 8.33. The van der Waals surface area contributed by atoms with Crippen LogP contribution in [0.25, 0.3) is 16.7 Å². The number of carbonyl (C=O) groups is 2. The van der Waals surface area contributed by atoms with Crippen LogP contribution in [-0.2, 0) is 16.1 Å². The van der Waals surface area contributed by atoms with Crippen LogP contribution in [0.1, 0.15) is 48.9 Å². The average Bonchev–Trinajstić information content (AvgIpc) is 3.46. The van der Waals surface area contributed by atoms with E-state index in [1.165, 1.54) is 4.90 Å². The molecular formula is C30H29N3O4. The van der Waals surface area contributed by atoms with Gasteiger partial charge in [0.05, 0.1) is 18.2 Å². The number of pyridine rings is 1. The highest BCUT2D eigenvalue weighted by molar-refractivity contribution is 6.46. The van der Waals surface area contributed by atoms with E-state index in [0.29, 0.717) is 17.9 Å². The number of likely N-dealkylation sites (tertiary alicyclic amines) is 1. The van der Waals surface area contributed by atoms with Crippen molar-refractivity contribution in [2.75, 3.05) is 6.61 Å². The number of Topliss-reactive ketones (excluding diaryl/α,β-unsaturated/α-hetero) is 1. The first-order chi connectivity index (χ1) is 18.1. The van der Waals surface area contributed by atoms with Crippen molar-refractivity contribution in [1.29, 1.82) is 0 Å². The fourth-order valence-electron chi connectivity index (χ4n) is 4.78. The number of aromatic nitrogens is 2. The molecule has 0 spiro atoms. The van der Waals surface area contributed by atoms with Gasteiger partial charge in [-0.1, -0.05) is 44.0 Å². The molecule has 1 atom stereocenters. The topological polar surface area (TPSA) is 95.5 Å². The zero-order valence-electron chi connectivity index (χ0n) is 20.7. The molecule has 1 unspecified atom stereocenters. The summed E-state index contributed by atoms with van der Waals surface area (Å²) >= 11 is 0. The van der Waals surface area contributed by atoms with Crippen molar-refractivity contribution in [3.05, 3.63) is 102 Å². The Balaban J connectivity index is 1.55. The Morgan fingerprint density at radius 1 is 1.05 bits per heavy atom. The number of unbranched alkanes of at least 4 members (excludes halogenated alkanes) is 2. The minimum atomic E-state index is -0.763. The van der Waals surface area contributed by atoms with Crippen LogP contribution < -0.4 is 4.74 Å². The van der Waals surface area contributed by atoms with E-state index >= 15 is 0 Å². The number of benzene rings is 2. The molecule has 1 fully saturated rings. The molecule has 7 nitrogen and oxygen atoms in total. The number of carbonyl (C=O) groups excluding carboxylic acids is 2. The maximum Gasteiger partial charge on any atom is 0.295 e. The molecule has 4 aromatic rings. The van der Waals surface area contributed by atoms with Gasteiger partial charge >= 0.3 is 0 Å². The van der Waals surface area contributed by atoms with Gasteiger partial charge in [-0.2, -0.15) is 0 Å². The smallest absolute Gasteiger partial charge is 0.295 e. The standard InChI is InChI=1S/C30H29N3O4/c1-2-3-6-16-37-22-13-11-21(12-14-22)28(34)26-27(24-18-32-25-10-5-4-9-23(24)25)33(30(36)29(26)35)19-20-8-7-15-31-17-20/h4-5,7-15,17-18,27,32,34H,2-3,6,16,19H2,1H3/b28-26+. The van der Waals surface area contributed by atoms with Crippen LogP contribution in [0.2, 0.25) is 0 Å². The maximum atomic E-state index is 13.4. The number of nitrogens with zero attached hydrogens (tertiary/aromatic N) is 2. The molecule has 5 rings (SSSR count). The molecule has 0 saturated carbocycles. The number of rotatable bonds is 9. The Kier molecular flexibility index (Phi) is 7.03. The first kappa shape index (κ1) is 24.3. The summed E-state index contributed by atoms with van der Waals surface area (Å²) in [5.41, 5.74) is 2.93. The van der Waals surface area contributed by atoms with Gasteiger partial charge in [0.15, 0.2) is 0 Å². The molecule has 0 aliphatic carbocycles. The highest BCUT2D eigenvalue weighted by Gasteiger charge is 2.46. The first-order valence-corrected chi connectivity index (χ1v) is 12.5. The van der Waals surface area contributed by atoms with Crippen LogP contribution in [0.15, 0.2) is 84.8 Å². The third-order valence-electron chi connectivity index (χ3n) is 6.68. The van der Waals surface area contributed by atoms with Crippen molar-refractivity contribution >= 4 is 28.4 Å². The van der Waals surface area contributed by atoms with Gasteiger partial charge < -0.3 is 19.7 Å². The van der Waals surface area contributed by atoms with E-state index in [-0.39, 0.29) is 17.9 Å². The molecule has 0 radical (unpaired) electrons. The Bertz CT molecular complexity index is 1440. The number of H-pyrrole nitrogens is 1. The summed E-state index contributed by atoms with van der Waals surface area (Å²) in [6, 6.07) is 17.6. The second-order valence-electron chi connectivity index (χ2n) is 9.16. The van der Waals surface area contributed by atoms with Crippen molar-refractivity contribution in [2.45, 2.75) is 38.8 Å². The molecule has 3 heterocycles. The van der Waals surface area contributed by atoms with Crippen LogP contribution in [0, 0.1) is 0 Å². The molecule has 2 N–H and O–H groups in total. The van der Waals surface area contributed by atoms with Gasteiger partial charge in [-0.05, 0) is 48.4 Å². The van der Waals surface area contributed by atoms with E-state index in [1.54, 1.807) is 48.9 Å². The molecule has 37 heavy (non-hydrogen) atoms. The highest BCUT2D eigenvalue weighted by Crippen LogP contribution is 2.42. The molecule has 188 valence electrons. The van der Waals surface area contributed by atoms with Gasteiger partial charge in [-0.25, -0.2) is 0 Å². The van der Waals surface area contributed by atoms with Crippen LogP contribution in [-0.4, -0.2) is 38.3 Å². The summed E-state index contributed by atoms with van der Waals surface area (Å²) in [7, 11) is 0. The third-order valence-corrected chi connectivity index (χ3v) is 6.68. The van der Waals surface area contributed by atoms with E-state index in [1.807, 2.05) is 30.3 Å². The fraction of sp³-hybridized carbons (Fsp3) is 0.233. The van der Waals surface area contributed by atoms with Crippen LogP contribution in [0.3, 0.4) is 0 Å². The lowest BCUT2D eigenvalue weighted by molar-refractivity contribution is -0.140. The van der Waals surface area contributed by atoms with Gasteiger partial charge in [0.1, 0.15) is 11.5 Å². The zero-order chi connectivity index (χ0) is 25.8. The average molecular weight is 496 g/mol. The molecule has 1 aliphatic rings. The van der Waals surface area contributed by atoms with E-state index in [0.717, 1.165) is 41.3 Å². The van der Waals surface area contributed by atoms with E-state index in [9.17, 15) is 14.7 Å². The summed E-state index contributed by atoms with van der Waals surface area (Å²) < 4.78 is 5.78. The van der Waals surface area contributed by atoms with Gasteiger partial charge in [-0.15, -0.1) is 0 Å². The van der Waals surface area contributed by atoms with Crippen molar-refractivity contribution in [2.24, 2.45) is 0 Å². The lowest BCUT2D eigenvalue weighted by atomic mass is 9.95. The number of hydrogen-bond acceptors (Lipinski definition) is 5. The predicted octanol–water partition coefficient (Wildman–Crippen LogP) is 5.75. The Morgan fingerprint density at radius 3 is 2.62 bits per heavy atom. The summed E-state index contributed by atoms with van der Waals surface area (Å²) in [5.74, 6) is -0.883. The summed E-state index contributed by atoms with van der Waals surface area (Å²) in [6.45, 7) is 2.95. The number of ether oxygens (including phenoxy) is 1. The van der Waals surface area contributed by atoms with Gasteiger partial charge in [0.2, 0.25) is 0 Å². The molecule has 1 aliphatic heterocycles. The molecule has 0 bridgehead atoms. The number of hydrogen-bond donors (Lipinski definition) is 2. The zero-order valence-corrected chi connectivity index (χ0v) is 20.7. The number of amides is 1. The van der Waals surface area contributed by atoms with Gasteiger partial charge in [0.25, 0.3) is 11.7 Å². The molecule has 7 heteroatoms. The van der Waals surface area contributed by atoms with Gasteiger partial charge in [0, 0.05) is 47.2 Å². The van der Waals surface area contributed by atoms with Crippen molar-refractivity contribution < 1.29 is 19.4 Å². The minimum absolute atomic E-state index is 0.0651. The number of aliphatic hydroxyl groups excluding tert-OH is 1. The SMILES string of the molecule is CCCCCOc1ccc(/C(O)=C2\C(=O)C(=O)N(Cc3cccnc3)C2c2c[nH]c3ccccc23)cc1. The van der Waals surface area contributed by atoms with Crippen LogP contribution in [0.4, 0.5) is 0 Å². The fourth-order valence-corrected chi connectivity index (χ4v) is 4.78. The lowest BCUT2D eigenvalue weighted by Gasteiger charge is -2.25. The minimum Gasteiger partial charge on any atom is -0.507 e. The lowest BCUT2D eigenvalue weighted by Crippen LogP contribution is -2.29. The van der Waals surface area contributed by atoms with Gasteiger partial charge in [-0.3, -0.25) is 14.6 Å². The number of ketones is 1. The van der Waals surface area contributed by atoms with Crippen molar-refractivity contribution in [3.8, 4) is 5.75 Å². The normalized spacial score (nSPS) is 17.0. The molecular weight excluding hydrogens is 466 g/mol. The predicted molar refractivity (Wildman–Crippen MR) is 142 cm³/mol. The first-order valence-electron chi connectivity index (χ1n) is 12.5. The Labute approximate surface area is 215 Å². The summed E-state index contributed by atoms with van der Waals surface area (Å²) in [5, 5.41) is 12.3. The van der Waals surface area contributed by atoms with Crippen molar-refractivity contribution in [3.63, 3.8) is 0 Å². The number of nitrogens with one attached hydrogen (secondary N) is 1. The van der Waals surface area contributed by atoms with E-state index in [4.69, 9.17) is 4.74 Å². The van der Waals surface area contributed by atoms with Crippen LogP contribution >= 0.6 is 0 Å². The number of para-hydroxylation sites is 1. The van der Waals surface area contributed by atoms with E-state index < -0.39 is 17.7 Å². The van der Waals surface area contributed by atoms with Crippen molar-refractivity contribution in [1.82, 2.24) is 14.9 Å². The molecule has 1 amide bonds. The second-order valence-corrected chi connectivity index (χ2v) is 9.16. The molecule has 1 saturated heterocycles. The quantitative estimate of drug-likeness (QED) is 0.133.